The molecule has 176 valence electrons. The normalized spacial score (nSPS) is 14.6. The van der Waals surface area contributed by atoms with Crippen molar-refractivity contribution in [3.05, 3.63) is 0 Å². The summed E-state index contributed by atoms with van der Waals surface area (Å²) in [6.45, 7) is 4.94. The highest BCUT2D eigenvalue weighted by Gasteiger charge is 2.30. The zero-order valence-electron chi connectivity index (χ0n) is 17.8. The largest absolute Gasteiger partial charge is 0.480 e. The lowest BCUT2D eigenvalue weighted by molar-refractivity contribution is -0.143. The molecule has 0 aliphatic carbocycles. The van der Waals surface area contributed by atoms with Crippen LogP contribution < -0.4 is 33.2 Å². The van der Waals surface area contributed by atoms with E-state index in [0.717, 1.165) is 0 Å². The van der Waals surface area contributed by atoms with Crippen LogP contribution in [-0.2, 0) is 28.8 Å². The summed E-state index contributed by atoms with van der Waals surface area (Å²) in [6.07, 6.45) is -0.537. The van der Waals surface area contributed by atoms with Crippen LogP contribution in [0.15, 0.2) is 0 Å². The molecule has 0 aromatic rings. The molecule has 0 bridgehead atoms. The average Bonchev–Trinajstić information content (AvgIpc) is 2.63. The number of aliphatic carboxylic acids is 1. The van der Waals surface area contributed by atoms with Crippen LogP contribution in [0.5, 0.6) is 0 Å². The van der Waals surface area contributed by atoms with Crippen molar-refractivity contribution in [1.29, 1.82) is 0 Å². The first kappa shape index (κ1) is 27.8. The summed E-state index contributed by atoms with van der Waals surface area (Å²) in [5, 5.41) is 16.1. The summed E-state index contributed by atoms with van der Waals surface area (Å²) in [6, 6.07) is -4.79. The van der Waals surface area contributed by atoms with E-state index < -0.39 is 66.1 Å². The Balaban J connectivity index is 5.08. The molecule has 4 atom stereocenters. The molecule has 0 saturated heterocycles. The van der Waals surface area contributed by atoms with Gasteiger partial charge in [-0.2, -0.15) is 0 Å². The monoisotopic (exact) mass is 444 g/mol. The van der Waals surface area contributed by atoms with E-state index in [1.54, 1.807) is 13.8 Å². The Morgan fingerprint density at radius 2 is 1.35 bits per heavy atom. The molecule has 4 unspecified atom stereocenters. The van der Waals surface area contributed by atoms with E-state index in [1.165, 1.54) is 6.92 Å². The molecule has 0 heterocycles. The Morgan fingerprint density at radius 1 is 0.806 bits per heavy atom. The van der Waals surface area contributed by atoms with Gasteiger partial charge in [0, 0.05) is 6.42 Å². The van der Waals surface area contributed by atoms with Crippen molar-refractivity contribution in [2.24, 2.45) is 23.1 Å². The number of rotatable bonds is 14. The van der Waals surface area contributed by atoms with E-state index in [1.807, 2.05) is 0 Å². The number of carbonyl (C=O) groups is 6. The molecule has 0 saturated carbocycles. The second-order valence-corrected chi connectivity index (χ2v) is 7.60. The average molecular weight is 444 g/mol. The third kappa shape index (κ3) is 11.5. The maximum atomic E-state index is 12.5. The summed E-state index contributed by atoms with van der Waals surface area (Å²) < 4.78 is 0. The Hall–Kier alpha value is -3.22. The van der Waals surface area contributed by atoms with Gasteiger partial charge < -0.3 is 38.3 Å². The minimum Gasteiger partial charge on any atom is -0.480 e. The van der Waals surface area contributed by atoms with E-state index in [-0.39, 0.29) is 25.2 Å². The van der Waals surface area contributed by atoms with Crippen molar-refractivity contribution in [2.75, 3.05) is 0 Å². The van der Waals surface area contributed by atoms with Crippen LogP contribution in [0.4, 0.5) is 0 Å². The Kier molecular flexibility index (Phi) is 11.8. The lowest BCUT2D eigenvalue weighted by Crippen LogP contribution is -2.56. The molecule has 0 aromatic heterocycles. The molecule has 0 rings (SSSR count). The van der Waals surface area contributed by atoms with Gasteiger partial charge in [0.05, 0.1) is 12.5 Å². The molecule has 0 fully saturated rings. The molecular weight excluding hydrogens is 412 g/mol. The first-order valence-corrected chi connectivity index (χ1v) is 9.70. The highest BCUT2D eigenvalue weighted by molar-refractivity contribution is 5.94. The Labute approximate surface area is 179 Å². The smallest absolute Gasteiger partial charge is 0.326 e. The first-order valence-electron chi connectivity index (χ1n) is 9.70. The zero-order chi connectivity index (χ0) is 24.3. The van der Waals surface area contributed by atoms with E-state index >= 15 is 0 Å². The SMILES string of the molecule is CC(C)CC(NC(=O)C(C)NC(=O)C(N)CCC(N)=O)C(=O)NC(CC(N)=O)C(=O)O. The fourth-order valence-corrected chi connectivity index (χ4v) is 2.49. The maximum Gasteiger partial charge on any atom is 0.326 e. The quantitative estimate of drug-likeness (QED) is 0.146. The number of nitrogens with two attached hydrogens (primary N) is 3. The number of carboxylic acid groups (broad SMARTS) is 1. The molecule has 0 radical (unpaired) electrons. The van der Waals surface area contributed by atoms with Gasteiger partial charge in [-0.05, 0) is 25.7 Å². The minimum absolute atomic E-state index is 0.00429. The highest BCUT2D eigenvalue weighted by atomic mass is 16.4. The Bertz CT molecular complexity index is 697. The number of carbonyl (C=O) groups excluding carboxylic acids is 5. The maximum absolute atomic E-state index is 12.5. The first-order chi connectivity index (χ1) is 14.2. The van der Waals surface area contributed by atoms with E-state index in [2.05, 4.69) is 16.0 Å². The molecule has 13 heteroatoms. The molecule has 31 heavy (non-hydrogen) atoms. The van der Waals surface area contributed by atoms with Crippen LogP contribution >= 0.6 is 0 Å². The predicted octanol–water partition coefficient (Wildman–Crippen LogP) is -2.94. The van der Waals surface area contributed by atoms with Gasteiger partial charge in [-0.1, -0.05) is 13.8 Å². The van der Waals surface area contributed by atoms with E-state index in [4.69, 9.17) is 22.3 Å². The van der Waals surface area contributed by atoms with Gasteiger partial charge in [-0.15, -0.1) is 0 Å². The molecule has 0 spiro atoms. The predicted molar refractivity (Wildman–Crippen MR) is 109 cm³/mol. The van der Waals surface area contributed by atoms with Gasteiger partial charge in [0.1, 0.15) is 18.1 Å². The van der Waals surface area contributed by atoms with Crippen LogP contribution in [0.3, 0.4) is 0 Å². The van der Waals surface area contributed by atoms with Gasteiger partial charge in [-0.25, -0.2) is 4.79 Å². The van der Waals surface area contributed by atoms with Crippen LogP contribution in [0.25, 0.3) is 0 Å². The molecule has 0 aliphatic rings. The third-order valence-corrected chi connectivity index (χ3v) is 4.15. The van der Waals surface area contributed by atoms with Gasteiger partial charge in [0.15, 0.2) is 0 Å². The third-order valence-electron chi connectivity index (χ3n) is 4.15. The van der Waals surface area contributed by atoms with Crippen LogP contribution in [0.2, 0.25) is 0 Å². The number of primary amides is 2. The lowest BCUT2D eigenvalue weighted by Gasteiger charge is -2.24. The van der Waals surface area contributed by atoms with Crippen LogP contribution in [0.1, 0.15) is 46.5 Å². The summed E-state index contributed by atoms with van der Waals surface area (Å²) in [5.41, 5.74) is 15.6. The summed E-state index contributed by atoms with van der Waals surface area (Å²) in [5.74, 6) is -5.24. The molecule has 5 amide bonds. The second kappa shape index (κ2) is 13.2. The Morgan fingerprint density at radius 3 is 1.81 bits per heavy atom. The van der Waals surface area contributed by atoms with Crippen molar-refractivity contribution >= 4 is 35.5 Å². The lowest BCUT2D eigenvalue weighted by atomic mass is 10.0. The van der Waals surface area contributed by atoms with E-state index in [0.29, 0.717) is 0 Å². The number of amides is 5. The minimum atomic E-state index is -1.54. The van der Waals surface area contributed by atoms with Gasteiger partial charge in [0.25, 0.3) is 0 Å². The fourth-order valence-electron chi connectivity index (χ4n) is 2.49. The van der Waals surface area contributed by atoms with Crippen LogP contribution in [0, 0.1) is 5.92 Å². The van der Waals surface area contributed by atoms with Gasteiger partial charge in [-0.3, -0.25) is 24.0 Å². The molecule has 13 nitrogen and oxygen atoms in total. The van der Waals surface area contributed by atoms with Crippen molar-refractivity contribution in [3.8, 4) is 0 Å². The number of carboxylic acids is 1. The number of nitrogens with one attached hydrogen (secondary N) is 3. The fraction of sp³-hybridized carbons (Fsp3) is 0.667. The summed E-state index contributed by atoms with van der Waals surface area (Å²) in [7, 11) is 0. The highest BCUT2D eigenvalue weighted by Crippen LogP contribution is 2.07. The summed E-state index contributed by atoms with van der Waals surface area (Å²) >= 11 is 0. The van der Waals surface area contributed by atoms with Crippen molar-refractivity contribution in [2.45, 2.75) is 70.6 Å². The molecule has 0 aliphatic heterocycles. The van der Waals surface area contributed by atoms with Crippen molar-refractivity contribution in [1.82, 2.24) is 16.0 Å². The second-order valence-electron chi connectivity index (χ2n) is 7.60. The molecule has 0 aromatic carbocycles. The zero-order valence-corrected chi connectivity index (χ0v) is 17.8. The molecule has 10 N–H and O–H groups in total. The number of hydrogen-bond acceptors (Lipinski definition) is 7. The van der Waals surface area contributed by atoms with E-state index in [9.17, 15) is 28.8 Å². The number of hydrogen-bond donors (Lipinski definition) is 7. The standard InChI is InChI=1S/C18H32N6O7/c1-8(2)6-11(17(29)24-12(18(30)31)7-14(21)26)23-15(27)9(3)22-16(28)10(19)4-5-13(20)25/h8-12H,4-7,19H2,1-3H3,(H2,20,25)(H2,21,26)(H,22,28)(H,23,27)(H,24,29)(H,30,31). The molecular formula is C18H32N6O7. The van der Waals surface area contributed by atoms with Gasteiger partial charge in [0.2, 0.25) is 29.5 Å². The van der Waals surface area contributed by atoms with Gasteiger partial charge >= 0.3 is 5.97 Å². The van der Waals surface area contributed by atoms with Crippen molar-refractivity contribution < 1.29 is 33.9 Å². The summed E-state index contributed by atoms with van der Waals surface area (Å²) in [4.78, 5) is 70.0. The van der Waals surface area contributed by atoms with Crippen molar-refractivity contribution in [3.63, 3.8) is 0 Å². The van der Waals surface area contributed by atoms with Crippen LogP contribution in [-0.4, -0.2) is 64.8 Å². The topological polar surface area (TPSA) is 237 Å².